The van der Waals surface area contributed by atoms with Crippen LogP contribution in [0.15, 0.2) is 0 Å². The lowest BCUT2D eigenvalue weighted by Gasteiger charge is -2.37. The lowest BCUT2D eigenvalue weighted by Crippen LogP contribution is -2.49. The van der Waals surface area contributed by atoms with Gasteiger partial charge in [-0.1, -0.05) is 33.6 Å². The molecule has 2 fully saturated rings. The van der Waals surface area contributed by atoms with Crippen molar-refractivity contribution in [2.45, 2.75) is 65.3 Å². The molecule has 4 nitrogen and oxygen atoms in total. The van der Waals surface area contributed by atoms with Crippen molar-refractivity contribution < 1.29 is 14.7 Å². The molecule has 1 aliphatic carbocycles. The smallest absolute Gasteiger partial charge is 0.236 e. The number of likely N-dealkylation sites (tertiary alicyclic amines) is 1. The largest absolute Gasteiger partial charge is 0.396 e. The molecular weight excluding hydrogens is 242 g/mol. The first-order valence-electron chi connectivity index (χ1n) is 7.29. The van der Waals surface area contributed by atoms with E-state index in [0.29, 0.717) is 12.8 Å². The van der Waals surface area contributed by atoms with Gasteiger partial charge in [0.05, 0.1) is 5.41 Å². The zero-order chi connectivity index (χ0) is 14.3. The van der Waals surface area contributed by atoms with E-state index in [0.717, 1.165) is 25.7 Å². The van der Waals surface area contributed by atoms with Crippen molar-refractivity contribution in [3.63, 3.8) is 0 Å². The summed E-state index contributed by atoms with van der Waals surface area (Å²) in [6.45, 7) is 6.07. The second kappa shape index (κ2) is 4.89. The second-order valence-corrected chi connectivity index (χ2v) is 7.13. The summed E-state index contributed by atoms with van der Waals surface area (Å²) in [5, 5.41) is 9.24. The van der Waals surface area contributed by atoms with Crippen LogP contribution in [0.1, 0.15) is 59.3 Å². The normalized spacial score (nSPS) is 24.5. The molecule has 4 heteroatoms. The Morgan fingerprint density at radius 2 is 1.84 bits per heavy atom. The lowest BCUT2D eigenvalue weighted by molar-refractivity contribution is -0.147. The maximum absolute atomic E-state index is 12.7. The van der Waals surface area contributed by atoms with Crippen LogP contribution in [0, 0.1) is 10.8 Å². The van der Waals surface area contributed by atoms with E-state index in [1.54, 1.807) is 0 Å². The van der Waals surface area contributed by atoms with Crippen molar-refractivity contribution in [3.05, 3.63) is 0 Å². The lowest BCUT2D eigenvalue weighted by atomic mass is 9.82. The first kappa shape index (κ1) is 14.5. The van der Waals surface area contributed by atoms with Crippen LogP contribution in [0.3, 0.4) is 0 Å². The quantitative estimate of drug-likeness (QED) is 0.797. The molecule has 1 heterocycles. The third-order valence-electron chi connectivity index (χ3n) is 4.71. The van der Waals surface area contributed by atoms with E-state index in [4.69, 9.17) is 0 Å². The fraction of sp³-hybridized carbons (Fsp3) is 0.867. The van der Waals surface area contributed by atoms with E-state index in [9.17, 15) is 14.7 Å². The number of imide groups is 1. The van der Waals surface area contributed by atoms with Gasteiger partial charge in [0.15, 0.2) is 0 Å². The molecule has 1 unspecified atom stereocenters. The first-order valence-corrected chi connectivity index (χ1v) is 7.29. The van der Waals surface area contributed by atoms with E-state index in [2.05, 4.69) is 0 Å². The van der Waals surface area contributed by atoms with Crippen LogP contribution in [-0.2, 0) is 9.59 Å². The summed E-state index contributed by atoms with van der Waals surface area (Å²) in [7, 11) is 0. The van der Waals surface area contributed by atoms with Crippen molar-refractivity contribution in [1.82, 2.24) is 4.90 Å². The summed E-state index contributed by atoms with van der Waals surface area (Å²) in [6, 6.07) is -0.197. The highest BCUT2D eigenvalue weighted by atomic mass is 16.3. The van der Waals surface area contributed by atoms with E-state index in [-0.39, 0.29) is 29.9 Å². The van der Waals surface area contributed by atoms with Crippen LogP contribution in [0.5, 0.6) is 0 Å². The Hall–Kier alpha value is -0.900. The highest BCUT2D eigenvalue weighted by Gasteiger charge is 2.55. The highest BCUT2D eigenvalue weighted by Crippen LogP contribution is 2.48. The van der Waals surface area contributed by atoms with Crippen molar-refractivity contribution in [3.8, 4) is 0 Å². The average Bonchev–Trinajstić information content (AvgIpc) is 2.84. The Bertz CT molecular complexity index is 377. The molecule has 1 atom stereocenters. The molecule has 0 aromatic rings. The minimum Gasteiger partial charge on any atom is -0.396 e. The standard InChI is InChI=1S/C15H25NO3/c1-14(2,3)11(6-9-17)16-12(18)10-15(13(16)19)7-4-5-8-15/h11,17H,4-10H2,1-3H3. The van der Waals surface area contributed by atoms with Crippen molar-refractivity contribution in [2.75, 3.05) is 6.61 Å². The van der Waals surface area contributed by atoms with Gasteiger partial charge >= 0.3 is 0 Å². The molecule has 108 valence electrons. The molecule has 2 amide bonds. The molecule has 19 heavy (non-hydrogen) atoms. The zero-order valence-electron chi connectivity index (χ0n) is 12.2. The molecule has 2 aliphatic rings. The van der Waals surface area contributed by atoms with Gasteiger partial charge in [0, 0.05) is 19.1 Å². The predicted octanol–water partition coefficient (Wildman–Crippen LogP) is 2.10. The Balaban J connectivity index is 2.28. The van der Waals surface area contributed by atoms with Crippen LogP contribution < -0.4 is 0 Å². The van der Waals surface area contributed by atoms with Crippen LogP contribution in [0.25, 0.3) is 0 Å². The number of amides is 2. The fourth-order valence-corrected chi connectivity index (χ4v) is 3.65. The highest BCUT2D eigenvalue weighted by molar-refractivity contribution is 6.06. The van der Waals surface area contributed by atoms with Gasteiger partial charge in [-0.3, -0.25) is 14.5 Å². The Kier molecular flexibility index (Phi) is 3.74. The Morgan fingerprint density at radius 1 is 1.26 bits per heavy atom. The van der Waals surface area contributed by atoms with Crippen LogP contribution in [-0.4, -0.2) is 34.5 Å². The first-order chi connectivity index (χ1) is 8.82. The summed E-state index contributed by atoms with van der Waals surface area (Å²) in [5.41, 5.74) is -0.603. The second-order valence-electron chi connectivity index (χ2n) is 7.13. The van der Waals surface area contributed by atoms with E-state index >= 15 is 0 Å². The summed E-state index contributed by atoms with van der Waals surface area (Å²) in [5.74, 6) is -0.0244. The minimum absolute atomic E-state index is 0.00595. The van der Waals surface area contributed by atoms with E-state index in [1.165, 1.54) is 4.90 Å². The molecule has 0 aromatic carbocycles. The van der Waals surface area contributed by atoms with Gasteiger partial charge in [0.25, 0.3) is 0 Å². The number of aliphatic hydroxyl groups excluding tert-OH is 1. The number of carbonyl (C=O) groups is 2. The number of hydrogen-bond donors (Lipinski definition) is 1. The molecule has 1 aliphatic heterocycles. The fourth-order valence-electron chi connectivity index (χ4n) is 3.65. The summed E-state index contributed by atoms with van der Waals surface area (Å²) < 4.78 is 0. The molecule has 0 aromatic heterocycles. The predicted molar refractivity (Wildman–Crippen MR) is 72.3 cm³/mol. The maximum atomic E-state index is 12.7. The maximum Gasteiger partial charge on any atom is 0.236 e. The van der Waals surface area contributed by atoms with Crippen molar-refractivity contribution in [1.29, 1.82) is 0 Å². The number of aliphatic hydroxyl groups is 1. The number of carbonyl (C=O) groups excluding carboxylic acids is 2. The number of hydrogen-bond acceptors (Lipinski definition) is 3. The van der Waals surface area contributed by atoms with E-state index in [1.807, 2.05) is 20.8 Å². The monoisotopic (exact) mass is 267 g/mol. The Labute approximate surface area is 115 Å². The topological polar surface area (TPSA) is 57.6 Å². The molecule has 1 saturated carbocycles. The zero-order valence-corrected chi connectivity index (χ0v) is 12.2. The van der Waals surface area contributed by atoms with Gasteiger partial charge in [-0.25, -0.2) is 0 Å². The third-order valence-corrected chi connectivity index (χ3v) is 4.71. The molecule has 0 radical (unpaired) electrons. The van der Waals surface area contributed by atoms with Crippen LogP contribution >= 0.6 is 0 Å². The third kappa shape index (κ3) is 2.42. The molecular formula is C15H25NO3. The minimum atomic E-state index is -0.407. The van der Waals surface area contributed by atoms with Gasteiger partial charge < -0.3 is 5.11 Å². The molecule has 0 bridgehead atoms. The van der Waals surface area contributed by atoms with Crippen molar-refractivity contribution in [2.24, 2.45) is 10.8 Å². The Morgan fingerprint density at radius 3 is 2.32 bits per heavy atom. The van der Waals surface area contributed by atoms with Gasteiger partial charge in [0.2, 0.25) is 11.8 Å². The van der Waals surface area contributed by atoms with Crippen LogP contribution in [0.2, 0.25) is 0 Å². The van der Waals surface area contributed by atoms with Crippen LogP contribution in [0.4, 0.5) is 0 Å². The molecule has 1 saturated heterocycles. The summed E-state index contributed by atoms with van der Waals surface area (Å²) in [4.78, 5) is 26.5. The number of nitrogens with zero attached hydrogens (tertiary/aromatic N) is 1. The number of rotatable bonds is 3. The SMILES string of the molecule is CC(C)(C)C(CCO)N1C(=O)CC2(CCCC2)C1=O. The van der Waals surface area contributed by atoms with Gasteiger partial charge in [-0.15, -0.1) is 0 Å². The summed E-state index contributed by atoms with van der Waals surface area (Å²) >= 11 is 0. The molecule has 1 spiro atoms. The van der Waals surface area contributed by atoms with Gasteiger partial charge in [-0.2, -0.15) is 0 Å². The molecule has 2 rings (SSSR count). The van der Waals surface area contributed by atoms with E-state index < -0.39 is 5.41 Å². The summed E-state index contributed by atoms with van der Waals surface area (Å²) in [6.07, 6.45) is 4.65. The average molecular weight is 267 g/mol. The molecule has 1 N–H and O–H groups in total. The van der Waals surface area contributed by atoms with Gasteiger partial charge in [0.1, 0.15) is 0 Å². The van der Waals surface area contributed by atoms with Gasteiger partial charge in [-0.05, 0) is 24.7 Å². The van der Waals surface area contributed by atoms with Crippen molar-refractivity contribution >= 4 is 11.8 Å².